The zero-order chi connectivity index (χ0) is 11.7. The smallest absolute Gasteiger partial charge is 0.0543 e. The quantitative estimate of drug-likeness (QED) is 0.355. The molecule has 0 radical (unpaired) electrons. The molecule has 4 aliphatic carbocycles. The predicted octanol–water partition coefficient (Wildman–Crippen LogP) is 4.50. The molecule has 0 nitrogen and oxygen atoms in total. The Bertz CT molecular complexity index is 525. The van der Waals surface area contributed by atoms with E-state index in [0.717, 1.165) is 0 Å². The van der Waals surface area contributed by atoms with E-state index in [1.165, 1.54) is 14.7 Å². The van der Waals surface area contributed by atoms with Gasteiger partial charge in [-0.3, -0.25) is 0 Å². The molecule has 0 unspecified atom stereocenters. The van der Waals surface area contributed by atoms with Crippen molar-refractivity contribution >= 4 is 45.8 Å². The van der Waals surface area contributed by atoms with Crippen molar-refractivity contribution in [3.63, 3.8) is 0 Å². The second-order valence-corrected chi connectivity index (χ2v) is 7.39. The highest BCUT2D eigenvalue weighted by molar-refractivity contribution is 14.1. The van der Waals surface area contributed by atoms with Crippen LogP contribution < -0.4 is 0 Å². The summed E-state index contributed by atoms with van der Waals surface area (Å²) in [4.78, 5) is 0. The lowest BCUT2D eigenvalue weighted by Gasteiger charge is -2.58. The Morgan fingerprint density at radius 2 is 1.59 bits per heavy atom. The van der Waals surface area contributed by atoms with Crippen molar-refractivity contribution in [2.24, 2.45) is 11.8 Å². The summed E-state index contributed by atoms with van der Waals surface area (Å²) in [7, 11) is 0. The molecule has 0 amide bonds. The summed E-state index contributed by atoms with van der Waals surface area (Å²) in [6.07, 6.45) is 4.71. The Morgan fingerprint density at radius 3 is 2.35 bits per heavy atom. The first kappa shape index (κ1) is 11.1. The zero-order valence-electron chi connectivity index (χ0n) is 8.98. The van der Waals surface area contributed by atoms with Crippen LogP contribution in [0.3, 0.4) is 0 Å². The molecule has 17 heavy (non-hydrogen) atoms. The molecule has 0 saturated heterocycles. The van der Waals surface area contributed by atoms with Crippen molar-refractivity contribution in [3.05, 3.63) is 45.0 Å². The molecule has 6 atom stereocenters. The number of rotatable bonds is 0. The van der Waals surface area contributed by atoms with Gasteiger partial charge in [0.25, 0.3) is 0 Å². The highest BCUT2D eigenvalue weighted by atomic mass is 127. The maximum absolute atomic E-state index is 6.42. The fourth-order valence-electron chi connectivity index (χ4n) is 3.87. The molecule has 2 bridgehead atoms. The number of allylic oxidation sites excluding steroid dienone is 2. The van der Waals surface area contributed by atoms with Crippen LogP contribution in [0.5, 0.6) is 0 Å². The first-order chi connectivity index (χ1) is 8.20. The summed E-state index contributed by atoms with van der Waals surface area (Å²) < 4.78 is 1.37. The van der Waals surface area contributed by atoms with E-state index in [-0.39, 0.29) is 10.8 Å². The minimum atomic E-state index is 0.142. The molecular weight excluding hydrogens is 366 g/mol. The van der Waals surface area contributed by atoms with Gasteiger partial charge in [0.1, 0.15) is 0 Å². The number of hydrogen-bond acceptors (Lipinski definition) is 0. The van der Waals surface area contributed by atoms with Gasteiger partial charge < -0.3 is 0 Å². The monoisotopic (exact) mass is 376 g/mol. The molecule has 3 heteroatoms. The zero-order valence-corrected chi connectivity index (χ0v) is 12.7. The van der Waals surface area contributed by atoms with Crippen LogP contribution in [0.2, 0.25) is 0 Å². The molecule has 1 aromatic carbocycles. The maximum Gasteiger partial charge on any atom is 0.0543 e. The lowest BCUT2D eigenvalue weighted by atomic mass is 9.51. The van der Waals surface area contributed by atoms with Gasteiger partial charge in [-0.1, -0.05) is 24.3 Å². The van der Waals surface area contributed by atoms with Crippen LogP contribution in [-0.2, 0) is 0 Å². The molecule has 0 spiro atoms. The van der Waals surface area contributed by atoms with Crippen LogP contribution in [0.1, 0.15) is 23.0 Å². The van der Waals surface area contributed by atoms with Crippen molar-refractivity contribution in [2.45, 2.75) is 22.6 Å². The highest BCUT2D eigenvalue weighted by Gasteiger charge is 2.59. The minimum Gasteiger partial charge on any atom is -0.121 e. The minimum absolute atomic E-state index is 0.142. The largest absolute Gasteiger partial charge is 0.121 e. The first-order valence-electron chi connectivity index (χ1n) is 5.95. The van der Waals surface area contributed by atoms with E-state index in [0.29, 0.717) is 23.7 Å². The lowest BCUT2D eigenvalue weighted by molar-refractivity contribution is 0.129. The lowest BCUT2D eigenvalue weighted by Crippen LogP contribution is -2.57. The Morgan fingerprint density at radius 1 is 0.941 bits per heavy atom. The van der Waals surface area contributed by atoms with E-state index in [2.05, 4.69) is 52.9 Å². The van der Waals surface area contributed by atoms with E-state index in [1.54, 1.807) is 0 Å². The fraction of sp³-hybridized carbons (Fsp3) is 0.429. The molecule has 1 fully saturated rings. The highest BCUT2D eigenvalue weighted by Crippen LogP contribution is 2.63. The van der Waals surface area contributed by atoms with Crippen molar-refractivity contribution in [1.29, 1.82) is 0 Å². The van der Waals surface area contributed by atoms with Gasteiger partial charge in [0, 0.05) is 15.4 Å². The normalized spacial score (nSPS) is 45.1. The van der Waals surface area contributed by atoms with E-state index in [1.807, 2.05) is 0 Å². The molecule has 0 heterocycles. The topological polar surface area (TPSA) is 0 Å². The van der Waals surface area contributed by atoms with E-state index in [9.17, 15) is 0 Å². The molecule has 0 aliphatic heterocycles. The average molecular weight is 377 g/mol. The Kier molecular flexibility index (Phi) is 2.38. The van der Waals surface area contributed by atoms with Crippen LogP contribution in [0.4, 0.5) is 0 Å². The molecule has 0 N–H and O–H groups in total. The molecule has 5 rings (SSSR count). The van der Waals surface area contributed by atoms with Gasteiger partial charge in [0.2, 0.25) is 0 Å². The second-order valence-electron chi connectivity index (χ2n) is 5.22. The van der Waals surface area contributed by atoms with Crippen molar-refractivity contribution < 1.29 is 0 Å². The van der Waals surface area contributed by atoms with E-state index >= 15 is 0 Å². The number of alkyl halides is 2. The van der Waals surface area contributed by atoms with Crippen LogP contribution in [0, 0.1) is 15.4 Å². The van der Waals surface area contributed by atoms with Crippen molar-refractivity contribution in [2.75, 3.05) is 0 Å². The van der Waals surface area contributed by atoms with Crippen LogP contribution in [-0.4, -0.2) is 10.8 Å². The third kappa shape index (κ3) is 1.26. The number of hydrogen-bond donors (Lipinski definition) is 0. The molecule has 0 aromatic heterocycles. The van der Waals surface area contributed by atoms with Gasteiger partial charge >= 0.3 is 0 Å². The third-order valence-corrected chi connectivity index (χ3v) is 6.81. The van der Waals surface area contributed by atoms with Crippen LogP contribution >= 0.6 is 45.8 Å². The van der Waals surface area contributed by atoms with Crippen molar-refractivity contribution in [3.8, 4) is 0 Å². The Labute approximate surface area is 125 Å². The van der Waals surface area contributed by atoms with Gasteiger partial charge in [-0.25, -0.2) is 0 Å². The molecule has 1 aromatic rings. The van der Waals surface area contributed by atoms with Crippen LogP contribution in [0.25, 0.3) is 0 Å². The van der Waals surface area contributed by atoms with Crippen LogP contribution in [0.15, 0.2) is 30.4 Å². The number of benzene rings is 1. The molecular formula is C14H11Cl2I. The summed E-state index contributed by atoms with van der Waals surface area (Å²) in [6, 6.07) is 6.62. The standard InChI is InChI=1S/C14H11Cl2I/c15-13-11-7-4-5-8(12(11)14(13)16)10-6(7)2-1-3-9(10)17/h1-5,7-8,11-14H/t7-,8-,11+,12+,13+,14-/m0/s1. The Hall–Kier alpha value is 0.270. The SMILES string of the molecule is Cl[C@@H]1[C@H](Cl)[C@H]2[C@H]1[C@H]1C=C[C@H]2c2cccc(I)c21. The van der Waals surface area contributed by atoms with Gasteiger partial charge in [-0.2, -0.15) is 0 Å². The summed E-state index contributed by atoms with van der Waals surface area (Å²) in [5.74, 6) is 2.09. The third-order valence-electron chi connectivity index (χ3n) is 4.62. The summed E-state index contributed by atoms with van der Waals surface area (Å²) in [5.41, 5.74) is 3.00. The fourth-order valence-corrected chi connectivity index (χ4v) is 5.73. The Balaban J connectivity index is 1.93. The van der Waals surface area contributed by atoms with E-state index in [4.69, 9.17) is 23.2 Å². The first-order valence-corrected chi connectivity index (χ1v) is 7.90. The second kappa shape index (κ2) is 3.64. The van der Waals surface area contributed by atoms with Gasteiger partial charge in [0.05, 0.1) is 10.8 Å². The summed E-state index contributed by atoms with van der Waals surface area (Å²) in [6.45, 7) is 0. The van der Waals surface area contributed by atoms with Crippen molar-refractivity contribution in [1.82, 2.24) is 0 Å². The molecule has 88 valence electrons. The van der Waals surface area contributed by atoms with Gasteiger partial charge in [0.15, 0.2) is 0 Å². The summed E-state index contributed by atoms with van der Waals surface area (Å²) in [5, 5.41) is 0.286. The maximum atomic E-state index is 6.42. The average Bonchev–Trinajstić information content (AvgIpc) is 2.37. The van der Waals surface area contributed by atoms with E-state index < -0.39 is 0 Å². The number of halogens is 3. The van der Waals surface area contributed by atoms with Gasteiger partial charge in [-0.05, 0) is 51.6 Å². The molecule has 1 saturated carbocycles. The molecule has 4 aliphatic rings. The predicted molar refractivity (Wildman–Crippen MR) is 80.0 cm³/mol. The summed E-state index contributed by atoms with van der Waals surface area (Å²) >= 11 is 15.3. The van der Waals surface area contributed by atoms with Gasteiger partial charge in [-0.15, -0.1) is 23.2 Å².